The molecule has 1 amide bonds. The maximum Gasteiger partial charge on any atom is 0.255 e. The fourth-order valence-corrected chi connectivity index (χ4v) is 2.42. The van der Waals surface area contributed by atoms with Crippen LogP contribution >= 0.6 is 0 Å². The normalized spacial score (nSPS) is 10.3. The van der Waals surface area contributed by atoms with E-state index in [0.717, 1.165) is 11.1 Å². The van der Waals surface area contributed by atoms with Crippen LogP contribution in [0.15, 0.2) is 60.9 Å². The smallest absolute Gasteiger partial charge is 0.255 e. The van der Waals surface area contributed by atoms with Gasteiger partial charge in [-0.3, -0.25) is 9.78 Å². The average Bonchev–Trinajstić information content (AvgIpc) is 2.64. The quantitative estimate of drug-likeness (QED) is 0.636. The van der Waals surface area contributed by atoms with Gasteiger partial charge in [-0.1, -0.05) is 6.07 Å². The zero-order valence-corrected chi connectivity index (χ0v) is 13.7. The minimum absolute atomic E-state index is 0.259. The SMILES string of the molecule is COc1ccc(C(=O)Nc2cc(-c3cnccc3N)ccc2N)cc1. The number of carbonyl (C=O) groups is 1. The Hall–Kier alpha value is -3.54. The number of nitrogens with zero attached hydrogens (tertiary/aromatic N) is 1. The molecule has 5 N–H and O–H groups in total. The third-order valence-electron chi connectivity index (χ3n) is 3.82. The van der Waals surface area contributed by atoms with Crippen molar-refractivity contribution in [3.8, 4) is 16.9 Å². The summed E-state index contributed by atoms with van der Waals surface area (Å²) in [5, 5.41) is 2.83. The lowest BCUT2D eigenvalue weighted by atomic mass is 10.0. The molecule has 0 bridgehead atoms. The molecule has 6 heteroatoms. The molecule has 2 aromatic carbocycles. The van der Waals surface area contributed by atoms with E-state index in [-0.39, 0.29) is 5.91 Å². The van der Waals surface area contributed by atoms with E-state index < -0.39 is 0 Å². The maximum atomic E-state index is 12.4. The van der Waals surface area contributed by atoms with Crippen molar-refractivity contribution in [1.82, 2.24) is 4.98 Å². The molecule has 3 rings (SSSR count). The first-order valence-electron chi connectivity index (χ1n) is 7.63. The molecule has 0 fully saturated rings. The maximum absolute atomic E-state index is 12.4. The zero-order valence-electron chi connectivity index (χ0n) is 13.7. The molecule has 0 saturated heterocycles. The summed E-state index contributed by atoms with van der Waals surface area (Å²) in [6, 6.07) is 13.9. The predicted octanol–water partition coefficient (Wildman–Crippen LogP) is 3.17. The highest BCUT2D eigenvalue weighted by Gasteiger charge is 2.11. The summed E-state index contributed by atoms with van der Waals surface area (Å²) in [5.74, 6) is 0.427. The molecule has 0 aliphatic rings. The molecular weight excluding hydrogens is 316 g/mol. The minimum atomic E-state index is -0.259. The Morgan fingerprint density at radius 3 is 2.48 bits per heavy atom. The summed E-state index contributed by atoms with van der Waals surface area (Å²) in [6.07, 6.45) is 3.30. The molecule has 0 unspecified atom stereocenters. The van der Waals surface area contributed by atoms with Crippen LogP contribution in [-0.4, -0.2) is 18.0 Å². The molecule has 6 nitrogen and oxygen atoms in total. The number of anilines is 3. The van der Waals surface area contributed by atoms with Gasteiger partial charge in [0.25, 0.3) is 5.91 Å². The molecule has 0 radical (unpaired) electrons. The van der Waals surface area contributed by atoms with Crippen molar-refractivity contribution in [2.45, 2.75) is 0 Å². The third kappa shape index (κ3) is 3.53. The van der Waals surface area contributed by atoms with Crippen LogP contribution < -0.4 is 21.5 Å². The molecule has 0 saturated carbocycles. The number of aromatic nitrogens is 1. The zero-order chi connectivity index (χ0) is 17.8. The molecule has 0 aliphatic carbocycles. The highest BCUT2D eigenvalue weighted by Crippen LogP contribution is 2.30. The van der Waals surface area contributed by atoms with Gasteiger partial charge in [0.1, 0.15) is 5.75 Å². The van der Waals surface area contributed by atoms with Crippen molar-refractivity contribution in [1.29, 1.82) is 0 Å². The number of rotatable bonds is 4. The second-order valence-corrected chi connectivity index (χ2v) is 5.45. The van der Waals surface area contributed by atoms with Crippen molar-refractivity contribution >= 4 is 23.0 Å². The number of methoxy groups -OCH3 is 1. The highest BCUT2D eigenvalue weighted by atomic mass is 16.5. The molecule has 126 valence electrons. The number of pyridine rings is 1. The van der Waals surface area contributed by atoms with Crippen LogP contribution in [0.3, 0.4) is 0 Å². The van der Waals surface area contributed by atoms with Gasteiger partial charge in [0.15, 0.2) is 0 Å². The largest absolute Gasteiger partial charge is 0.497 e. The summed E-state index contributed by atoms with van der Waals surface area (Å²) in [5.41, 5.74) is 15.7. The number of nitrogens with one attached hydrogen (secondary N) is 1. The van der Waals surface area contributed by atoms with E-state index in [0.29, 0.717) is 28.4 Å². The highest BCUT2D eigenvalue weighted by molar-refractivity contribution is 6.06. The van der Waals surface area contributed by atoms with Crippen LogP contribution in [0.5, 0.6) is 5.75 Å². The summed E-state index contributed by atoms with van der Waals surface area (Å²) < 4.78 is 5.09. The van der Waals surface area contributed by atoms with Crippen LogP contribution in [0.25, 0.3) is 11.1 Å². The summed E-state index contributed by atoms with van der Waals surface area (Å²) >= 11 is 0. The number of nitrogen functional groups attached to an aromatic ring is 2. The molecule has 0 spiro atoms. The molecular formula is C19H18N4O2. The second kappa shape index (κ2) is 6.92. The van der Waals surface area contributed by atoms with Crippen LogP contribution in [0.4, 0.5) is 17.1 Å². The van der Waals surface area contributed by atoms with Crippen LogP contribution in [0, 0.1) is 0 Å². The van der Waals surface area contributed by atoms with Crippen molar-refractivity contribution in [2.24, 2.45) is 0 Å². The van der Waals surface area contributed by atoms with Crippen LogP contribution in [0.1, 0.15) is 10.4 Å². The Bertz CT molecular complexity index is 908. The Morgan fingerprint density at radius 2 is 1.80 bits per heavy atom. The van der Waals surface area contributed by atoms with Crippen molar-refractivity contribution in [3.05, 3.63) is 66.5 Å². The summed E-state index contributed by atoms with van der Waals surface area (Å²) in [7, 11) is 1.57. The van der Waals surface area contributed by atoms with Crippen LogP contribution in [0.2, 0.25) is 0 Å². The van der Waals surface area contributed by atoms with Crippen molar-refractivity contribution < 1.29 is 9.53 Å². The van der Waals surface area contributed by atoms with Gasteiger partial charge in [0, 0.05) is 29.2 Å². The predicted molar refractivity (Wildman–Crippen MR) is 99.4 cm³/mol. The van der Waals surface area contributed by atoms with Gasteiger partial charge in [-0.2, -0.15) is 0 Å². The number of carbonyl (C=O) groups excluding carboxylic acids is 1. The van der Waals surface area contributed by atoms with Gasteiger partial charge in [0.2, 0.25) is 0 Å². The monoisotopic (exact) mass is 334 g/mol. The third-order valence-corrected chi connectivity index (χ3v) is 3.82. The number of benzene rings is 2. The topological polar surface area (TPSA) is 103 Å². The Balaban J connectivity index is 1.88. The van der Waals surface area contributed by atoms with Gasteiger partial charge in [-0.15, -0.1) is 0 Å². The van der Waals surface area contributed by atoms with Gasteiger partial charge >= 0.3 is 0 Å². The van der Waals surface area contributed by atoms with E-state index in [1.54, 1.807) is 62.0 Å². The number of hydrogen-bond donors (Lipinski definition) is 3. The van der Waals surface area contributed by atoms with Gasteiger partial charge in [0.05, 0.1) is 18.5 Å². The molecule has 25 heavy (non-hydrogen) atoms. The lowest BCUT2D eigenvalue weighted by molar-refractivity contribution is 0.102. The van der Waals surface area contributed by atoms with Crippen LogP contribution in [-0.2, 0) is 0 Å². The summed E-state index contributed by atoms with van der Waals surface area (Å²) in [6.45, 7) is 0. The van der Waals surface area contributed by atoms with E-state index in [1.807, 2.05) is 6.07 Å². The fraction of sp³-hybridized carbons (Fsp3) is 0.0526. The average molecular weight is 334 g/mol. The van der Waals surface area contributed by atoms with Gasteiger partial charge in [-0.05, 0) is 48.0 Å². The lowest BCUT2D eigenvalue weighted by Gasteiger charge is -2.12. The fourth-order valence-electron chi connectivity index (χ4n) is 2.42. The first-order chi connectivity index (χ1) is 12.1. The number of ether oxygens (including phenoxy) is 1. The number of nitrogens with two attached hydrogens (primary N) is 2. The van der Waals surface area contributed by atoms with Gasteiger partial charge in [-0.25, -0.2) is 0 Å². The summed E-state index contributed by atoms with van der Waals surface area (Å²) in [4.78, 5) is 16.5. The van der Waals surface area contributed by atoms with Crippen molar-refractivity contribution in [3.63, 3.8) is 0 Å². The van der Waals surface area contributed by atoms with E-state index in [4.69, 9.17) is 16.2 Å². The lowest BCUT2D eigenvalue weighted by Crippen LogP contribution is -2.13. The molecule has 1 aromatic heterocycles. The first-order valence-corrected chi connectivity index (χ1v) is 7.63. The Morgan fingerprint density at radius 1 is 1.04 bits per heavy atom. The van der Waals surface area contributed by atoms with E-state index >= 15 is 0 Å². The van der Waals surface area contributed by atoms with E-state index in [9.17, 15) is 4.79 Å². The van der Waals surface area contributed by atoms with Crippen molar-refractivity contribution in [2.75, 3.05) is 23.9 Å². The Kier molecular flexibility index (Phi) is 4.52. The number of amides is 1. The first kappa shape index (κ1) is 16.3. The minimum Gasteiger partial charge on any atom is -0.497 e. The molecule has 3 aromatic rings. The van der Waals surface area contributed by atoms with Gasteiger partial charge < -0.3 is 21.5 Å². The molecule has 1 heterocycles. The number of hydrogen-bond acceptors (Lipinski definition) is 5. The Labute approximate surface area is 145 Å². The second-order valence-electron chi connectivity index (χ2n) is 5.45. The van der Waals surface area contributed by atoms with E-state index in [1.165, 1.54) is 0 Å². The van der Waals surface area contributed by atoms with E-state index in [2.05, 4.69) is 10.3 Å². The molecule has 0 atom stereocenters. The standard InChI is InChI=1S/C19H18N4O2/c1-25-14-5-2-12(3-6-14)19(24)23-18-10-13(4-7-17(18)21)15-11-22-9-8-16(15)20/h2-11H,21H2,1H3,(H2,20,22)(H,23,24). The molecule has 0 aliphatic heterocycles.